The number of aliphatic carboxylic acids is 1. The van der Waals surface area contributed by atoms with Gasteiger partial charge in [0.05, 0.1) is 11.4 Å². The molecule has 0 N–H and O–H groups in total. The molecule has 192 valence electrons. The normalized spacial score (nSPS) is 14.0. The number of halogens is 1. The first-order valence-electron chi connectivity index (χ1n) is 12.5. The monoisotopic (exact) mass is 550 g/mol. The Bertz CT molecular complexity index is 1270. The summed E-state index contributed by atoms with van der Waals surface area (Å²) >= 11 is 7.98. The Morgan fingerprint density at radius 3 is 2.59 bits per heavy atom. The SMILES string of the molecule is Cc1ccc(CC(=O)C[C@H](CCC(=O)[O-])c2noc(-c3nc(C)c(CC(C)C)s3)c2C2CC2)c(Cl)c1.[Na+]. The van der Waals surface area contributed by atoms with E-state index in [1.54, 1.807) is 11.3 Å². The maximum Gasteiger partial charge on any atom is 1.00 e. The molecule has 0 amide bonds. The number of nitrogens with zero attached hydrogens (tertiary/aromatic N) is 2. The average Bonchev–Trinajstić information content (AvgIpc) is 3.44. The summed E-state index contributed by atoms with van der Waals surface area (Å²) < 4.78 is 5.88. The fraction of sp³-hybridized carbons (Fsp3) is 0.500. The molecule has 1 saturated carbocycles. The number of hydrogen-bond donors (Lipinski definition) is 0. The summed E-state index contributed by atoms with van der Waals surface area (Å²) in [6.07, 6.45) is 3.46. The van der Waals surface area contributed by atoms with E-state index in [0.29, 0.717) is 28.3 Å². The summed E-state index contributed by atoms with van der Waals surface area (Å²) in [5, 5.41) is 17.1. The molecule has 1 aliphatic rings. The molecule has 9 heteroatoms. The zero-order valence-electron chi connectivity index (χ0n) is 22.2. The molecule has 0 saturated heterocycles. The number of carboxylic acid groups (broad SMARTS) is 1. The molecule has 0 bridgehead atoms. The van der Waals surface area contributed by atoms with E-state index in [1.165, 1.54) is 4.88 Å². The molecule has 0 spiro atoms. The standard InChI is InChI=1S/C28H33ClN2O4S.Na/c1-15(2)11-23-17(4)30-28(36-23)27-25(18-7-8-18)26(31-35-27)20(9-10-24(33)34)14-21(32)13-19-6-5-16(3)12-22(19)29;/h5-6,12,15,18,20H,7-11,13-14H2,1-4H3,(H,33,34);/q;+1/p-1/t20-;/m0./s1. The summed E-state index contributed by atoms with van der Waals surface area (Å²) in [7, 11) is 0. The second-order valence-electron chi connectivity index (χ2n) is 10.3. The Hall–Kier alpha value is -1.51. The molecule has 0 aliphatic heterocycles. The fourth-order valence-electron chi connectivity index (χ4n) is 4.59. The van der Waals surface area contributed by atoms with Crippen LogP contribution in [-0.2, 0) is 22.4 Å². The van der Waals surface area contributed by atoms with Gasteiger partial charge in [-0.05, 0) is 75.0 Å². The van der Waals surface area contributed by atoms with Gasteiger partial charge in [-0.2, -0.15) is 0 Å². The quantitative estimate of drug-likeness (QED) is 0.322. The largest absolute Gasteiger partial charge is 1.00 e. The molecule has 2 aromatic heterocycles. The van der Waals surface area contributed by atoms with Gasteiger partial charge in [0.1, 0.15) is 5.78 Å². The third-order valence-corrected chi connectivity index (χ3v) is 8.11. The number of carbonyl (C=O) groups excluding carboxylic acids is 2. The van der Waals surface area contributed by atoms with Gasteiger partial charge in [0.15, 0.2) is 10.8 Å². The van der Waals surface area contributed by atoms with Gasteiger partial charge in [-0.15, -0.1) is 11.3 Å². The smallest absolute Gasteiger partial charge is 0.550 e. The van der Waals surface area contributed by atoms with Crippen LogP contribution in [-0.4, -0.2) is 21.9 Å². The van der Waals surface area contributed by atoms with Crippen LogP contribution < -0.4 is 34.7 Å². The van der Waals surface area contributed by atoms with E-state index >= 15 is 0 Å². The Morgan fingerprint density at radius 1 is 1.24 bits per heavy atom. The van der Waals surface area contributed by atoms with Crippen molar-refractivity contribution >= 4 is 34.7 Å². The van der Waals surface area contributed by atoms with Crippen LogP contribution in [0.3, 0.4) is 0 Å². The van der Waals surface area contributed by atoms with Gasteiger partial charge in [-0.3, -0.25) is 4.79 Å². The number of rotatable bonds is 12. The van der Waals surface area contributed by atoms with Gasteiger partial charge in [0.25, 0.3) is 0 Å². The molecule has 1 aliphatic carbocycles. The number of thiazole rings is 1. The summed E-state index contributed by atoms with van der Waals surface area (Å²) in [5.74, 6) is -0.0374. The minimum Gasteiger partial charge on any atom is -0.550 e. The molecule has 1 atom stereocenters. The van der Waals surface area contributed by atoms with Gasteiger partial charge < -0.3 is 14.4 Å². The number of aryl methyl sites for hydroxylation is 2. The molecule has 1 fully saturated rings. The molecule has 0 unspecified atom stereocenters. The van der Waals surface area contributed by atoms with Crippen LogP contribution >= 0.6 is 22.9 Å². The predicted molar refractivity (Wildman–Crippen MR) is 139 cm³/mol. The zero-order chi connectivity index (χ0) is 26.0. The predicted octanol–water partition coefficient (Wildman–Crippen LogP) is 2.96. The first-order chi connectivity index (χ1) is 17.1. The van der Waals surface area contributed by atoms with Gasteiger partial charge in [0.2, 0.25) is 0 Å². The molecule has 2 heterocycles. The molecule has 4 rings (SSSR count). The second-order valence-corrected chi connectivity index (χ2v) is 11.8. The summed E-state index contributed by atoms with van der Waals surface area (Å²) in [6.45, 7) is 8.33. The maximum atomic E-state index is 13.1. The molecule has 37 heavy (non-hydrogen) atoms. The Balaban J connectivity index is 0.00000380. The van der Waals surface area contributed by atoms with E-state index in [-0.39, 0.29) is 66.9 Å². The third-order valence-electron chi connectivity index (χ3n) is 6.58. The van der Waals surface area contributed by atoms with Crippen LogP contribution in [0.5, 0.6) is 0 Å². The van der Waals surface area contributed by atoms with Crippen molar-refractivity contribution < 1.29 is 48.8 Å². The van der Waals surface area contributed by atoms with Crippen molar-refractivity contribution in [2.75, 3.05) is 0 Å². The maximum absolute atomic E-state index is 13.1. The van der Waals surface area contributed by atoms with Crippen molar-refractivity contribution in [3.8, 4) is 10.8 Å². The summed E-state index contributed by atoms with van der Waals surface area (Å²) in [5.41, 5.74) is 4.48. The number of carboxylic acids is 1. The topological polar surface area (TPSA) is 96.1 Å². The van der Waals surface area contributed by atoms with Crippen LogP contribution in [0.4, 0.5) is 0 Å². The molecular formula is C28H32ClN2NaO4S. The van der Waals surface area contributed by atoms with Crippen LogP contribution in [0, 0.1) is 19.8 Å². The number of Topliss-reactive ketones (excluding diaryl/α,β-unsaturated/α-hetero) is 1. The van der Waals surface area contributed by atoms with E-state index in [9.17, 15) is 14.7 Å². The average molecular weight is 551 g/mol. The number of hydrogen-bond acceptors (Lipinski definition) is 7. The molecular weight excluding hydrogens is 519 g/mol. The molecule has 1 aromatic carbocycles. The number of aromatic nitrogens is 2. The second kappa shape index (κ2) is 13.0. The minimum absolute atomic E-state index is 0. The Labute approximate surface area is 249 Å². The van der Waals surface area contributed by atoms with Crippen molar-refractivity contribution in [3.63, 3.8) is 0 Å². The van der Waals surface area contributed by atoms with Gasteiger partial charge >= 0.3 is 29.6 Å². The van der Waals surface area contributed by atoms with E-state index in [0.717, 1.165) is 46.7 Å². The van der Waals surface area contributed by atoms with Crippen LogP contribution in [0.15, 0.2) is 22.7 Å². The molecule has 6 nitrogen and oxygen atoms in total. The van der Waals surface area contributed by atoms with Crippen molar-refractivity contribution in [2.45, 2.75) is 84.5 Å². The number of benzene rings is 1. The third kappa shape index (κ3) is 7.76. The number of ketones is 1. The zero-order valence-corrected chi connectivity index (χ0v) is 25.8. The fourth-order valence-corrected chi connectivity index (χ4v) is 6.16. The van der Waals surface area contributed by atoms with Gasteiger partial charge in [-0.1, -0.05) is 42.7 Å². The van der Waals surface area contributed by atoms with Gasteiger partial charge in [0, 0.05) is 40.2 Å². The van der Waals surface area contributed by atoms with Crippen molar-refractivity contribution in [1.29, 1.82) is 0 Å². The van der Waals surface area contributed by atoms with Crippen LogP contribution in [0.2, 0.25) is 5.02 Å². The van der Waals surface area contributed by atoms with Crippen LogP contribution in [0.1, 0.15) is 90.7 Å². The van der Waals surface area contributed by atoms with Crippen molar-refractivity contribution in [2.24, 2.45) is 5.92 Å². The Kier molecular flexibility index (Phi) is 10.6. The van der Waals surface area contributed by atoms with Crippen molar-refractivity contribution in [3.05, 3.63) is 56.2 Å². The Morgan fingerprint density at radius 2 is 1.97 bits per heavy atom. The molecule has 0 radical (unpaired) electrons. The van der Waals surface area contributed by atoms with Crippen molar-refractivity contribution in [1.82, 2.24) is 10.1 Å². The van der Waals surface area contributed by atoms with E-state index in [4.69, 9.17) is 21.1 Å². The first-order valence-corrected chi connectivity index (χ1v) is 13.7. The first kappa shape index (κ1) is 30.0. The van der Waals surface area contributed by atoms with Crippen LogP contribution in [0.25, 0.3) is 10.8 Å². The van der Waals surface area contributed by atoms with E-state index < -0.39 is 5.97 Å². The summed E-state index contributed by atoms with van der Waals surface area (Å²) in [6, 6.07) is 5.65. The summed E-state index contributed by atoms with van der Waals surface area (Å²) in [4.78, 5) is 30.4. The van der Waals surface area contributed by atoms with Gasteiger partial charge in [-0.25, -0.2) is 4.98 Å². The minimum atomic E-state index is -1.14. The van der Waals surface area contributed by atoms with E-state index in [1.807, 2.05) is 32.0 Å². The number of carbonyl (C=O) groups is 2. The van der Waals surface area contributed by atoms with E-state index in [2.05, 4.69) is 19.0 Å². The molecule has 3 aromatic rings.